The Kier molecular flexibility index (Phi) is 7.89. The largest absolute Gasteiger partial charge is 0.477 e. The van der Waals surface area contributed by atoms with Crippen LogP contribution in [0.2, 0.25) is 0 Å². The van der Waals surface area contributed by atoms with E-state index in [-0.39, 0.29) is 40.4 Å². The van der Waals surface area contributed by atoms with Gasteiger partial charge in [0.1, 0.15) is 28.5 Å². The number of carboxylic acid groups (broad SMARTS) is 1. The summed E-state index contributed by atoms with van der Waals surface area (Å²) in [6.07, 6.45) is 1.80. The second kappa shape index (κ2) is 11.5. The summed E-state index contributed by atoms with van der Waals surface area (Å²) in [7, 11) is 0. The van der Waals surface area contributed by atoms with Crippen molar-refractivity contribution in [1.82, 2.24) is 20.5 Å². The predicted molar refractivity (Wildman–Crippen MR) is 146 cm³/mol. The number of fused-ring (bicyclic) bond motifs is 1. The summed E-state index contributed by atoms with van der Waals surface area (Å²) in [4.78, 5) is 72.1. The molecule has 0 bridgehead atoms. The number of thioether (sulfide) groups is 1. The van der Waals surface area contributed by atoms with E-state index in [4.69, 9.17) is 10.6 Å². The standard InChI is InChI=1S/C24H24N8O7S2/c1-11-13(27-10-33)3-2-6-31(11)7-12-8-40-22-17(21(36)32(22)18(12)23(37)38)29-20(35)16(14-9-41-24(25)28-14)30-39-15-4-5-26-19(15)34/h2-3,6,9-10,15,17,22H,4-5,7-8H2,1H3,(H5-,25,26,27,28,29,33,34,35,37,38)/p+1/t15-,17+,22-/m0/s1. The number of aromatic nitrogens is 2. The molecule has 214 valence electrons. The first-order chi connectivity index (χ1) is 19.7. The van der Waals surface area contributed by atoms with E-state index in [0.29, 0.717) is 36.3 Å². The van der Waals surface area contributed by atoms with E-state index in [9.17, 15) is 29.1 Å². The van der Waals surface area contributed by atoms with E-state index >= 15 is 0 Å². The van der Waals surface area contributed by atoms with Crippen LogP contribution in [0.25, 0.3) is 0 Å². The molecule has 4 amide bonds. The van der Waals surface area contributed by atoms with Gasteiger partial charge in [-0.2, -0.15) is 4.57 Å². The summed E-state index contributed by atoms with van der Waals surface area (Å²) in [6.45, 7) is 2.37. The highest BCUT2D eigenvalue weighted by Gasteiger charge is 2.55. The molecule has 17 heteroatoms. The number of nitrogens with zero attached hydrogens (tertiary/aromatic N) is 4. The Balaban J connectivity index is 1.35. The van der Waals surface area contributed by atoms with Crippen molar-refractivity contribution in [1.29, 1.82) is 0 Å². The van der Waals surface area contributed by atoms with Crippen LogP contribution in [0.15, 0.2) is 40.1 Å². The molecule has 3 atom stereocenters. The summed E-state index contributed by atoms with van der Waals surface area (Å²) >= 11 is 2.38. The molecule has 2 fully saturated rings. The first-order valence-electron chi connectivity index (χ1n) is 12.3. The molecule has 0 aliphatic carbocycles. The van der Waals surface area contributed by atoms with Crippen LogP contribution in [0.4, 0.5) is 10.8 Å². The highest BCUT2D eigenvalue weighted by Crippen LogP contribution is 2.40. The van der Waals surface area contributed by atoms with Crippen LogP contribution in [0, 0.1) is 6.92 Å². The number of hydrogen-bond acceptors (Lipinski definition) is 11. The molecule has 0 unspecified atom stereocenters. The molecule has 3 aliphatic heterocycles. The molecule has 3 aliphatic rings. The van der Waals surface area contributed by atoms with E-state index in [0.717, 1.165) is 16.2 Å². The molecule has 0 saturated carbocycles. The van der Waals surface area contributed by atoms with Gasteiger partial charge >= 0.3 is 5.97 Å². The van der Waals surface area contributed by atoms with Crippen molar-refractivity contribution in [2.24, 2.45) is 5.16 Å². The lowest BCUT2D eigenvalue weighted by atomic mass is 10.0. The summed E-state index contributed by atoms with van der Waals surface area (Å²) in [5, 5.41) is 22.7. The Bertz CT molecular complexity index is 1510. The molecule has 15 nitrogen and oxygen atoms in total. The van der Waals surface area contributed by atoms with Gasteiger partial charge in [0, 0.05) is 42.7 Å². The lowest BCUT2D eigenvalue weighted by Crippen LogP contribution is -2.71. The lowest BCUT2D eigenvalue weighted by Gasteiger charge is -2.49. The molecule has 0 radical (unpaired) electrons. The van der Waals surface area contributed by atoms with Gasteiger partial charge in [-0.15, -0.1) is 23.1 Å². The molecule has 5 rings (SSSR count). The smallest absolute Gasteiger partial charge is 0.352 e. The summed E-state index contributed by atoms with van der Waals surface area (Å²) in [6, 6.07) is 2.40. The molecule has 0 spiro atoms. The zero-order valence-electron chi connectivity index (χ0n) is 21.5. The highest BCUT2D eigenvalue weighted by atomic mass is 32.2. The summed E-state index contributed by atoms with van der Waals surface area (Å²) in [5.74, 6) is -2.74. The molecule has 5 heterocycles. The van der Waals surface area contributed by atoms with E-state index < -0.39 is 35.3 Å². The van der Waals surface area contributed by atoms with Crippen molar-refractivity contribution in [3.05, 3.63) is 46.4 Å². The fraction of sp³-hybridized carbons (Fsp3) is 0.333. The van der Waals surface area contributed by atoms with Crippen molar-refractivity contribution >= 4 is 69.7 Å². The number of amides is 4. The molecule has 41 heavy (non-hydrogen) atoms. The number of nitrogens with one attached hydrogen (secondary N) is 3. The minimum Gasteiger partial charge on any atom is -0.477 e. The number of thiazole rings is 1. The maximum atomic E-state index is 13.3. The third-order valence-corrected chi connectivity index (χ3v) is 8.72. The average molecular weight is 602 g/mol. The number of pyridine rings is 1. The number of carbonyl (C=O) groups excluding carboxylic acids is 4. The minimum atomic E-state index is -1.27. The molecule has 2 aromatic rings. The van der Waals surface area contributed by atoms with Crippen molar-refractivity contribution in [2.45, 2.75) is 37.4 Å². The second-order valence-corrected chi connectivity index (χ2v) is 11.2. The van der Waals surface area contributed by atoms with Gasteiger partial charge in [-0.3, -0.25) is 24.1 Å². The normalized spacial score (nSPS) is 22.0. The van der Waals surface area contributed by atoms with Crippen LogP contribution in [0.3, 0.4) is 0 Å². The Morgan fingerprint density at radius 2 is 2.22 bits per heavy atom. The second-order valence-electron chi connectivity index (χ2n) is 9.20. The number of hydrogen-bond donors (Lipinski definition) is 5. The van der Waals surface area contributed by atoms with Crippen molar-refractivity contribution in [2.75, 3.05) is 23.3 Å². The van der Waals surface area contributed by atoms with Gasteiger partial charge in [0.15, 0.2) is 23.6 Å². The SMILES string of the molecule is Cc1c(NC=O)ccc[n+]1CC1=C(C(=O)O)N2C(=O)[C@@H](NC(=O)C(=NO[C@H]3CCNC3=O)c3csc(N)n3)[C@@H]2SC1. The van der Waals surface area contributed by atoms with Crippen molar-refractivity contribution < 1.29 is 38.5 Å². The van der Waals surface area contributed by atoms with Gasteiger partial charge in [0.25, 0.3) is 17.7 Å². The molecule has 6 N–H and O–H groups in total. The number of anilines is 2. The molecule has 2 aromatic heterocycles. The third-order valence-electron chi connectivity index (χ3n) is 6.71. The zero-order valence-corrected chi connectivity index (χ0v) is 23.2. The number of β-lactam (4-membered cyclic amide) rings is 1. The van der Waals surface area contributed by atoms with Crippen molar-refractivity contribution in [3.63, 3.8) is 0 Å². The fourth-order valence-electron chi connectivity index (χ4n) is 4.63. The van der Waals surface area contributed by atoms with Gasteiger partial charge in [-0.25, -0.2) is 9.78 Å². The van der Waals surface area contributed by atoms with Crippen LogP contribution in [-0.2, 0) is 35.4 Å². The molecular formula is C24H25N8O7S2+. The average Bonchev–Trinajstić information content (AvgIpc) is 3.56. The quantitative estimate of drug-likeness (QED) is 0.0733. The van der Waals surface area contributed by atoms with Crippen LogP contribution in [0.5, 0.6) is 0 Å². The van der Waals surface area contributed by atoms with Crippen LogP contribution < -0.4 is 26.3 Å². The number of oxime groups is 1. The van der Waals surface area contributed by atoms with Gasteiger partial charge in [0.05, 0.1) is 0 Å². The first-order valence-corrected chi connectivity index (χ1v) is 14.3. The zero-order chi connectivity index (χ0) is 29.3. The number of carbonyl (C=O) groups is 5. The maximum Gasteiger partial charge on any atom is 0.352 e. The lowest BCUT2D eigenvalue weighted by molar-refractivity contribution is -0.694. The Morgan fingerprint density at radius 3 is 2.88 bits per heavy atom. The number of nitrogen functional groups attached to an aromatic ring is 1. The highest BCUT2D eigenvalue weighted by molar-refractivity contribution is 8.00. The molecule has 0 aromatic carbocycles. The van der Waals surface area contributed by atoms with Gasteiger partial charge in [0.2, 0.25) is 18.2 Å². The Morgan fingerprint density at radius 1 is 1.41 bits per heavy atom. The molecular weight excluding hydrogens is 576 g/mol. The number of carboxylic acids is 1. The van der Waals surface area contributed by atoms with E-state index in [1.807, 2.05) is 0 Å². The Labute approximate surface area is 240 Å². The molecule has 2 saturated heterocycles. The van der Waals surface area contributed by atoms with E-state index in [1.54, 1.807) is 29.8 Å². The predicted octanol–water partition coefficient (Wildman–Crippen LogP) is -1.06. The van der Waals surface area contributed by atoms with E-state index in [2.05, 4.69) is 26.1 Å². The van der Waals surface area contributed by atoms with Crippen LogP contribution >= 0.6 is 23.1 Å². The summed E-state index contributed by atoms with van der Waals surface area (Å²) in [5.41, 5.74) is 7.18. The van der Waals surface area contributed by atoms with Gasteiger partial charge < -0.3 is 31.6 Å². The van der Waals surface area contributed by atoms with Crippen LogP contribution in [-0.4, -0.2) is 80.6 Å². The topological polar surface area (TPSA) is 209 Å². The minimum absolute atomic E-state index is 0.107. The number of rotatable bonds is 10. The van der Waals surface area contributed by atoms with Crippen molar-refractivity contribution in [3.8, 4) is 0 Å². The van der Waals surface area contributed by atoms with Crippen LogP contribution in [0.1, 0.15) is 17.8 Å². The fourth-order valence-corrected chi connectivity index (χ4v) is 6.51. The van der Waals surface area contributed by atoms with E-state index in [1.165, 1.54) is 17.1 Å². The summed E-state index contributed by atoms with van der Waals surface area (Å²) < 4.78 is 1.78. The third kappa shape index (κ3) is 5.45. The maximum absolute atomic E-state index is 13.3. The first kappa shape index (κ1) is 28.0. The monoisotopic (exact) mass is 601 g/mol. The number of aliphatic carboxylic acids is 1. The number of nitrogens with two attached hydrogens (primary N) is 1. The van der Waals surface area contributed by atoms with Gasteiger partial charge in [-0.05, 0) is 6.07 Å². The van der Waals surface area contributed by atoms with Gasteiger partial charge in [-0.1, -0.05) is 5.16 Å². The Hall–Kier alpha value is -4.51.